The molecule has 3 rings (SSSR count). The lowest BCUT2D eigenvalue weighted by atomic mass is 9.77. The van der Waals surface area contributed by atoms with Crippen molar-refractivity contribution in [3.8, 4) is 0 Å². The summed E-state index contributed by atoms with van der Waals surface area (Å²) >= 11 is 0. The molecule has 0 spiro atoms. The predicted molar refractivity (Wildman–Crippen MR) is 74.5 cm³/mol. The van der Waals surface area contributed by atoms with E-state index in [2.05, 4.69) is 31.2 Å². The van der Waals surface area contributed by atoms with Crippen molar-refractivity contribution in [2.24, 2.45) is 11.8 Å². The van der Waals surface area contributed by atoms with Crippen molar-refractivity contribution in [2.45, 2.75) is 57.5 Å². The summed E-state index contributed by atoms with van der Waals surface area (Å²) in [5, 5.41) is 10.7. The van der Waals surface area contributed by atoms with Gasteiger partial charge in [-0.2, -0.15) is 0 Å². The molecule has 18 heavy (non-hydrogen) atoms. The molecule has 1 atom stereocenters. The van der Waals surface area contributed by atoms with E-state index in [0.29, 0.717) is 5.92 Å². The van der Waals surface area contributed by atoms with Crippen molar-refractivity contribution in [2.75, 3.05) is 0 Å². The van der Waals surface area contributed by atoms with Gasteiger partial charge in [0.2, 0.25) is 0 Å². The summed E-state index contributed by atoms with van der Waals surface area (Å²) in [6, 6.07) is 8.57. The van der Waals surface area contributed by atoms with Crippen LogP contribution in [0.25, 0.3) is 0 Å². The maximum Gasteiger partial charge on any atom is 0.0820 e. The highest BCUT2D eigenvalue weighted by atomic mass is 16.3. The molecule has 0 radical (unpaired) electrons. The van der Waals surface area contributed by atoms with Gasteiger partial charge < -0.3 is 5.11 Å². The Morgan fingerprint density at radius 3 is 2.33 bits per heavy atom. The molecule has 1 aromatic rings. The Morgan fingerprint density at radius 2 is 1.67 bits per heavy atom. The van der Waals surface area contributed by atoms with E-state index in [-0.39, 0.29) is 6.10 Å². The lowest BCUT2D eigenvalue weighted by Gasteiger charge is -2.31. The first kappa shape index (κ1) is 12.2. The van der Waals surface area contributed by atoms with Crippen LogP contribution in [0, 0.1) is 11.8 Å². The van der Waals surface area contributed by atoms with Crippen LogP contribution in [0.3, 0.4) is 0 Å². The van der Waals surface area contributed by atoms with Gasteiger partial charge >= 0.3 is 0 Å². The van der Waals surface area contributed by atoms with E-state index in [4.69, 9.17) is 0 Å². The summed E-state index contributed by atoms with van der Waals surface area (Å²) in [4.78, 5) is 0. The van der Waals surface area contributed by atoms with Gasteiger partial charge in [-0.1, -0.05) is 44.0 Å². The maximum absolute atomic E-state index is 10.7. The molecule has 0 aromatic heterocycles. The minimum Gasteiger partial charge on any atom is -0.388 e. The molecular weight excluding hydrogens is 220 g/mol. The highest BCUT2D eigenvalue weighted by Gasteiger charge is 2.31. The van der Waals surface area contributed by atoms with Gasteiger partial charge in [-0.3, -0.25) is 0 Å². The molecule has 1 aromatic carbocycles. The molecule has 1 unspecified atom stereocenters. The molecule has 1 nitrogen and oxygen atoms in total. The first-order chi connectivity index (χ1) is 8.75. The van der Waals surface area contributed by atoms with E-state index in [0.717, 1.165) is 11.8 Å². The first-order valence-electron chi connectivity index (χ1n) is 7.52. The average molecular weight is 244 g/mol. The number of hydrogen-bond donors (Lipinski definition) is 1. The molecule has 0 saturated heterocycles. The Hall–Kier alpha value is -0.820. The van der Waals surface area contributed by atoms with Crippen molar-refractivity contribution in [3.05, 3.63) is 35.4 Å². The van der Waals surface area contributed by atoms with Crippen molar-refractivity contribution in [1.29, 1.82) is 0 Å². The molecule has 0 aliphatic heterocycles. The quantitative estimate of drug-likeness (QED) is 0.834. The summed E-state index contributed by atoms with van der Waals surface area (Å²) in [7, 11) is 0. The third-order valence-corrected chi connectivity index (χ3v) is 4.84. The molecule has 2 aliphatic carbocycles. The molecular formula is C17H24O. The standard InChI is InChI=1S/C17H24O/c1-12-6-8-14(9-7-12)17(18)16-5-3-2-4-15(16)13-10-11-13/h2-5,12-14,17-18H,6-11H2,1H3. The van der Waals surface area contributed by atoms with Gasteiger partial charge in [0, 0.05) is 0 Å². The van der Waals surface area contributed by atoms with Crippen LogP contribution >= 0.6 is 0 Å². The zero-order valence-corrected chi connectivity index (χ0v) is 11.3. The fourth-order valence-corrected chi connectivity index (χ4v) is 3.40. The average Bonchev–Trinajstić information content (AvgIpc) is 3.23. The van der Waals surface area contributed by atoms with Gasteiger partial charge in [0.05, 0.1) is 6.10 Å². The normalized spacial score (nSPS) is 30.1. The molecule has 0 heterocycles. The zero-order valence-electron chi connectivity index (χ0n) is 11.3. The second-order valence-corrected chi connectivity index (χ2v) is 6.37. The fraction of sp³-hybridized carbons (Fsp3) is 0.647. The lowest BCUT2D eigenvalue weighted by Crippen LogP contribution is -2.20. The predicted octanol–water partition coefficient (Wildman–Crippen LogP) is 4.42. The summed E-state index contributed by atoms with van der Waals surface area (Å²) in [5.74, 6) is 2.08. The van der Waals surface area contributed by atoms with Crippen LogP contribution in [0.2, 0.25) is 0 Å². The summed E-state index contributed by atoms with van der Waals surface area (Å²) in [5.41, 5.74) is 2.64. The SMILES string of the molecule is CC1CCC(C(O)c2ccccc2C2CC2)CC1. The van der Waals surface area contributed by atoms with E-state index in [1.807, 2.05) is 0 Å². The van der Waals surface area contributed by atoms with Crippen LogP contribution in [-0.2, 0) is 0 Å². The van der Waals surface area contributed by atoms with Gasteiger partial charge in [-0.05, 0) is 54.6 Å². The first-order valence-corrected chi connectivity index (χ1v) is 7.52. The summed E-state index contributed by atoms with van der Waals surface area (Å²) in [6.45, 7) is 2.33. The summed E-state index contributed by atoms with van der Waals surface area (Å²) in [6.07, 6.45) is 7.36. The van der Waals surface area contributed by atoms with Crippen molar-refractivity contribution in [1.82, 2.24) is 0 Å². The van der Waals surface area contributed by atoms with E-state index < -0.39 is 0 Å². The highest BCUT2D eigenvalue weighted by Crippen LogP contribution is 2.45. The van der Waals surface area contributed by atoms with E-state index in [1.54, 1.807) is 0 Å². The molecule has 1 heteroatoms. The van der Waals surface area contributed by atoms with Gasteiger partial charge in [0.25, 0.3) is 0 Å². The summed E-state index contributed by atoms with van der Waals surface area (Å²) < 4.78 is 0. The number of aliphatic hydroxyl groups excluding tert-OH is 1. The maximum atomic E-state index is 10.7. The molecule has 0 amide bonds. The fourth-order valence-electron chi connectivity index (χ4n) is 3.40. The molecule has 0 bridgehead atoms. The number of hydrogen-bond acceptors (Lipinski definition) is 1. The monoisotopic (exact) mass is 244 g/mol. The van der Waals surface area contributed by atoms with Gasteiger partial charge in [-0.25, -0.2) is 0 Å². The topological polar surface area (TPSA) is 20.2 Å². The number of benzene rings is 1. The second kappa shape index (κ2) is 5.05. The van der Waals surface area contributed by atoms with E-state index in [9.17, 15) is 5.11 Å². The third-order valence-electron chi connectivity index (χ3n) is 4.84. The zero-order chi connectivity index (χ0) is 12.5. The smallest absolute Gasteiger partial charge is 0.0820 e. The Balaban J connectivity index is 1.77. The number of rotatable bonds is 3. The van der Waals surface area contributed by atoms with Gasteiger partial charge in [-0.15, -0.1) is 0 Å². The van der Waals surface area contributed by atoms with E-state index >= 15 is 0 Å². The Kier molecular flexibility index (Phi) is 3.43. The van der Waals surface area contributed by atoms with Gasteiger partial charge in [0.15, 0.2) is 0 Å². The largest absolute Gasteiger partial charge is 0.388 e. The second-order valence-electron chi connectivity index (χ2n) is 6.37. The molecule has 98 valence electrons. The molecule has 2 fully saturated rings. The Labute approximate surface area is 110 Å². The van der Waals surface area contributed by atoms with Crippen LogP contribution in [0.1, 0.15) is 68.6 Å². The minimum atomic E-state index is -0.228. The van der Waals surface area contributed by atoms with Crippen molar-refractivity contribution < 1.29 is 5.11 Å². The molecule has 2 aliphatic rings. The molecule has 1 N–H and O–H groups in total. The van der Waals surface area contributed by atoms with Crippen LogP contribution in [-0.4, -0.2) is 5.11 Å². The van der Waals surface area contributed by atoms with Gasteiger partial charge in [0.1, 0.15) is 0 Å². The van der Waals surface area contributed by atoms with Crippen LogP contribution in [0.15, 0.2) is 24.3 Å². The van der Waals surface area contributed by atoms with Crippen molar-refractivity contribution in [3.63, 3.8) is 0 Å². The van der Waals surface area contributed by atoms with E-state index in [1.165, 1.54) is 49.7 Å². The van der Waals surface area contributed by atoms with Crippen LogP contribution in [0.5, 0.6) is 0 Å². The van der Waals surface area contributed by atoms with Crippen molar-refractivity contribution >= 4 is 0 Å². The van der Waals surface area contributed by atoms with Crippen LogP contribution < -0.4 is 0 Å². The Bertz CT molecular complexity index is 400. The Morgan fingerprint density at radius 1 is 1.00 bits per heavy atom. The third kappa shape index (κ3) is 2.47. The highest BCUT2D eigenvalue weighted by molar-refractivity contribution is 5.35. The lowest BCUT2D eigenvalue weighted by molar-refractivity contribution is 0.0748. The van der Waals surface area contributed by atoms with Crippen LogP contribution in [0.4, 0.5) is 0 Å². The number of aliphatic hydroxyl groups is 1. The molecule has 2 saturated carbocycles. The minimum absolute atomic E-state index is 0.228.